The molecule has 1 atom stereocenters. The standard InChI is InChI=1S/C29H31N5O3S2/c1-5-25(28(36)32-22-11-13-23(37-4)14-12-22)34(27(35)18-39-29-30-19(2)15-20(3)31-29)16-26-33-24(17-38-26)21-9-7-6-8-10-21/h6-15,17,25H,5,16,18H2,1-4H3,(H,32,36). The van der Waals surface area contributed by atoms with Crippen LogP contribution in [0, 0.1) is 13.8 Å². The molecule has 1 N–H and O–H groups in total. The van der Waals surface area contributed by atoms with Gasteiger partial charge < -0.3 is 15.0 Å². The molecule has 0 fully saturated rings. The predicted octanol–water partition coefficient (Wildman–Crippen LogP) is 5.76. The molecule has 2 amide bonds. The topological polar surface area (TPSA) is 97.3 Å². The van der Waals surface area contributed by atoms with Gasteiger partial charge in [0, 0.05) is 28.0 Å². The Labute approximate surface area is 236 Å². The van der Waals surface area contributed by atoms with Crippen molar-refractivity contribution in [2.45, 2.75) is 44.9 Å². The Morgan fingerprint density at radius 2 is 1.72 bits per heavy atom. The van der Waals surface area contributed by atoms with Gasteiger partial charge in [0.25, 0.3) is 0 Å². The molecule has 0 aliphatic heterocycles. The van der Waals surface area contributed by atoms with Gasteiger partial charge in [0.1, 0.15) is 16.8 Å². The zero-order valence-electron chi connectivity index (χ0n) is 22.4. The molecule has 2 aromatic heterocycles. The maximum atomic E-state index is 13.6. The molecule has 8 nitrogen and oxygen atoms in total. The number of hydrogen-bond donors (Lipinski definition) is 1. The van der Waals surface area contributed by atoms with Crippen molar-refractivity contribution in [2.75, 3.05) is 18.2 Å². The highest BCUT2D eigenvalue weighted by Gasteiger charge is 2.30. The smallest absolute Gasteiger partial charge is 0.247 e. The highest BCUT2D eigenvalue weighted by atomic mass is 32.2. The molecule has 0 aliphatic rings. The lowest BCUT2D eigenvalue weighted by Gasteiger charge is -2.29. The normalized spacial score (nSPS) is 11.6. The fraction of sp³-hybridized carbons (Fsp3) is 0.276. The lowest BCUT2D eigenvalue weighted by molar-refractivity contribution is -0.137. The zero-order chi connectivity index (χ0) is 27.8. The quantitative estimate of drug-likeness (QED) is 0.184. The van der Waals surface area contributed by atoms with Crippen LogP contribution in [0.1, 0.15) is 29.7 Å². The number of thioether (sulfide) groups is 1. The third-order valence-corrected chi connectivity index (χ3v) is 7.62. The summed E-state index contributed by atoms with van der Waals surface area (Å²) < 4.78 is 5.21. The SMILES string of the molecule is CCC(C(=O)Nc1ccc(OC)cc1)N(Cc1nc(-c2ccccc2)cs1)C(=O)CSc1nc(C)cc(C)n1. The Morgan fingerprint density at radius 3 is 2.36 bits per heavy atom. The Bertz CT molecular complexity index is 1390. The minimum atomic E-state index is -0.690. The molecule has 4 rings (SSSR count). The van der Waals surface area contributed by atoms with Crippen LogP contribution in [0.4, 0.5) is 5.69 Å². The van der Waals surface area contributed by atoms with Crippen LogP contribution in [0.3, 0.4) is 0 Å². The molecule has 39 heavy (non-hydrogen) atoms. The maximum Gasteiger partial charge on any atom is 0.247 e. The van der Waals surface area contributed by atoms with Crippen LogP contribution >= 0.6 is 23.1 Å². The minimum absolute atomic E-state index is 0.103. The number of amides is 2. The summed E-state index contributed by atoms with van der Waals surface area (Å²) in [6, 6.07) is 18.2. The summed E-state index contributed by atoms with van der Waals surface area (Å²) in [6.45, 7) is 5.92. The predicted molar refractivity (Wildman–Crippen MR) is 156 cm³/mol. The molecule has 2 heterocycles. The minimum Gasteiger partial charge on any atom is -0.497 e. The first-order valence-corrected chi connectivity index (χ1v) is 14.4. The molecule has 0 radical (unpaired) electrons. The lowest BCUT2D eigenvalue weighted by atomic mass is 10.1. The average molecular weight is 562 g/mol. The number of aromatic nitrogens is 3. The van der Waals surface area contributed by atoms with Crippen LogP contribution in [0.5, 0.6) is 5.75 Å². The third kappa shape index (κ3) is 7.64. The summed E-state index contributed by atoms with van der Waals surface area (Å²) >= 11 is 2.74. The number of carbonyl (C=O) groups is 2. The van der Waals surface area contributed by atoms with Gasteiger partial charge in [-0.25, -0.2) is 15.0 Å². The van der Waals surface area contributed by atoms with Crippen molar-refractivity contribution in [2.24, 2.45) is 0 Å². The number of rotatable bonds is 11. The first-order valence-electron chi connectivity index (χ1n) is 12.6. The zero-order valence-corrected chi connectivity index (χ0v) is 24.0. The van der Waals surface area contributed by atoms with Crippen LogP contribution in [0.15, 0.2) is 71.2 Å². The summed E-state index contributed by atoms with van der Waals surface area (Å²) in [7, 11) is 1.59. The highest BCUT2D eigenvalue weighted by molar-refractivity contribution is 7.99. The number of aryl methyl sites for hydroxylation is 2. The Hall–Kier alpha value is -3.76. The second-order valence-corrected chi connectivity index (χ2v) is 10.8. The first-order chi connectivity index (χ1) is 18.9. The van der Waals surface area contributed by atoms with Crippen molar-refractivity contribution < 1.29 is 14.3 Å². The van der Waals surface area contributed by atoms with E-state index in [1.165, 1.54) is 23.1 Å². The fourth-order valence-electron chi connectivity index (χ4n) is 4.06. The highest BCUT2D eigenvalue weighted by Crippen LogP contribution is 2.25. The number of methoxy groups -OCH3 is 1. The Kier molecular flexibility index (Phi) is 9.67. The van der Waals surface area contributed by atoms with E-state index in [1.54, 1.807) is 36.3 Å². The molecule has 0 saturated carbocycles. The summed E-state index contributed by atoms with van der Waals surface area (Å²) in [5.41, 5.74) is 4.17. The van der Waals surface area contributed by atoms with Gasteiger partial charge in [-0.2, -0.15) is 0 Å². The summed E-state index contributed by atoms with van der Waals surface area (Å²) in [4.78, 5) is 42.3. The molecule has 1 unspecified atom stereocenters. The molecule has 2 aromatic carbocycles. The van der Waals surface area contributed by atoms with Crippen molar-refractivity contribution in [1.82, 2.24) is 19.9 Å². The van der Waals surface area contributed by atoms with Gasteiger partial charge in [0.2, 0.25) is 11.8 Å². The van der Waals surface area contributed by atoms with Crippen LogP contribution in [-0.2, 0) is 16.1 Å². The van der Waals surface area contributed by atoms with Crippen LogP contribution in [0.2, 0.25) is 0 Å². The molecule has 0 spiro atoms. The summed E-state index contributed by atoms with van der Waals surface area (Å²) in [6.07, 6.45) is 0.440. The van der Waals surface area contributed by atoms with Crippen LogP contribution < -0.4 is 10.1 Å². The first kappa shape index (κ1) is 28.3. The Balaban J connectivity index is 1.56. The molecular formula is C29H31N5O3S2. The molecule has 0 aliphatic carbocycles. The molecule has 0 saturated heterocycles. The van der Waals surface area contributed by atoms with E-state index in [-0.39, 0.29) is 24.1 Å². The molecule has 202 valence electrons. The van der Waals surface area contributed by atoms with Crippen molar-refractivity contribution in [3.8, 4) is 17.0 Å². The van der Waals surface area contributed by atoms with Crippen molar-refractivity contribution >= 4 is 40.6 Å². The summed E-state index contributed by atoms with van der Waals surface area (Å²) in [5, 5.41) is 6.22. The van der Waals surface area contributed by atoms with Crippen molar-refractivity contribution in [3.63, 3.8) is 0 Å². The third-order valence-electron chi connectivity index (χ3n) is 5.96. The maximum absolute atomic E-state index is 13.6. The average Bonchev–Trinajstić information content (AvgIpc) is 3.41. The molecule has 4 aromatic rings. The van der Waals surface area contributed by atoms with E-state index in [0.29, 0.717) is 23.0 Å². The van der Waals surface area contributed by atoms with E-state index in [2.05, 4.69) is 15.3 Å². The number of carbonyl (C=O) groups excluding carboxylic acids is 2. The van der Waals surface area contributed by atoms with Gasteiger partial charge in [-0.15, -0.1) is 11.3 Å². The van der Waals surface area contributed by atoms with Crippen LogP contribution in [-0.4, -0.2) is 50.6 Å². The molecule has 0 bridgehead atoms. The van der Waals surface area contributed by atoms with Crippen LogP contribution in [0.25, 0.3) is 11.3 Å². The van der Waals surface area contributed by atoms with Gasteiger partial charge in [-0.3, -0.25) is 9.59 Å². The van der Waals surface area contributed by atoms with E-state index in [9.17, 15) is 9.59 Å². The van der Waals surface area contributed by atoms with Crippen molar-refractivity contribution in [1.29, 1.82) is 0 Å². The van der Waals surface area contributed by atoms with Gasteiger partial charge in [0.15, 0.2) is 5.16 Å². The van der Waals surface area contributed by atoms with Gasteiger partial charge in [0.05, 0.1) is 25.1 Å². The van der Waals surface area contributed by atoms with E-state index in [0.717, 1.165) is 27.7 Å². The van der Waals surface area contributed by atoms with E-state index >= 15 is 0 Å². The second kappa shape index (κ2) is 13.3. The van der Waals surface area contributed by atoms with Gasteiger partial charge in [-0.05, 0) is 50.6 Å². The number of thiazole rings is 1. The van der Waals surface area contributed by atoms with E-state index in [4.69, 9.17) is 9.72 Å². The largest absolute Gasteiger partial charge is 0.497 e. The van der Waals surface area contributed by atoms with Crippen molar-refractivity contribution in [3.05, 3.63) is 82.4 Å². The Morgan fingerprint density at radius 1 is 1.03 bits per heavy atom. The summed E-state index contributed by atoms with van der Waals surface area (Å²) in [5.74, 6) is 0.353. The number of anilines is 1. The molecular weight excluding hydrogens is 530 g/mol. The van der Waals surface area contributed by atoms with Gasteiger partial charge in [-0.1, -0.05) is 49.0 Å². The number of hydrogen-bond acceptors (Lipinski definition) is 8. The number of ether oxygens (including phenoxy) is 1. The van der Waals surface area contributed by atoms with E-state index < -0.39 is 6.04 Å². The number of benzene rings is 2. The fourth-order valence-corrected chi connectivity index (χ4v) is 5.69. The number of nitrogens with one attached hydrogen (secondary N) is 1. The second-order valence-electron chi connectivity index (χ2n) is 8.88. The number of nitrogens with zero attached hydrogens (tertiary/aromatic N) is 4. The van der Waals surface area contributed by atoms with E-state index in [1.807, 2.05) is 62.5 Å². The molecule has 10 heteroatoms. The monoisotopic (exact) mass is 561 g/mol. The lowest BCUT2D eigenvalue weighted by Crippen LogP contribution is -2.47. The van der Waals surface area contributed by atoms with Gasteiger partial charge >= 0.3 is 0 Å².